The molecule has 1 aromatic carbocycles. The summed E-state index contributed by atoms with van der Waals surface area (Å²) in [5.41, 5.74) is 3.14. The van der Waals surface area contributed by atoms with Crippen LogP contribution in [-0.2, 0) is 19.6 Å². The van der Waals surface area contributed by atoms with Crippen LogP contribution in [0.2, 0.25) is 0 Å². The number of sulfonamides is 1. The molecule has 0 radical (unpaired) electrons. The van der Waals surface area contributed by atoms with Gasteiger partial charge in [-0.15, -0.1) is 0 Å². The zero-order valence-electron chi connectivity index (χ0n) is 20.1. The molecule has 37 heavy (non-hydrogen) atoms. The van der Waals surface area contributed by atoms with E-state index in [0.29, 0.717) is 34.3 Å². The third kappa shape index (κ3) is 4.95. The SMILES string of the molecule is COC(=O)CCS(=O)(=O)N1CC(c2nc(-c3ccc(C)c(NC(=O)c4cnc5ccccn45)c3)no2)C1. The first-order chi connectivity index (χ1) is 17.7. The van der Waals surface area contributed by atoms with Crippen LogP contribution < -0.4 is 5.32 Å². The Balaban J connectivity index is 1.26. The van der Waals surface area contributed by atoms with Crippen LogP contribution in [0.25, 0.3) is 17.0 Å². The molecule has 0 aliphatic carbocycles. The number of nitrogens with zero attached hydrogens (tertiary/aromatic N) is 5. The molecule has 192 valence electrons. The molecule has 0 unspecified atom stereocenters. The third-order valence-electron chi connectivity index (χ3n) is 6.22. The lowest BCUT2D eigenvalue weighted by Gasteiger charge is -2.35. The van der Waals surface area contributed by atoms with Gasteiger partial charge in [0.15, 0.2) is 0 Å². The van der Waals surface area contributed by atoms with Crippen LogP contribution in [0.1, 0.15) is 34.3 Å². The number of amides is 1. The minimum absolute atomic E-state index is 0.194. The number of ether oxygens (including phenoxy) is 1. The molecule has 4 aromatic rings. The summed E-state index contributed by atoms with van der Waals surface area (Å²) in [6, 6.07) is 10.9. The second kappa shape index (κ2) is 9.75. The van der Waals surface area contributed by atoms with Crippen molar-refractivity contribution in [3.8, 4) is 11.4 Å². The number of benzene rings is 1. The molecule has 4 heterocycles. The Hall–Kier alpha value is -4.10. The molecule has 0 bridgehead atoms. The van der Waals surface area contributed by atoms with E-state index in [1.165, 1.54) is 17.6 Å². The van der Waals surface area contributed by atoms with Gasteiger partial charge in [0.1, 0.15) is 11.3 Å². The van der Waals surface area contributed by atoms with Gasteiger partial charge in [-0.3, -0.25) is 14.0 Å². The lowest BCUT2D eigenvalue weighted by atomic mass is 10.0. The van der Waals surface area contributed by atoms with Gasteiger partial charge < -0.3 is 14.6 Å². The fourth-order valence-corrected chi connectivity index (χ4v) is 5.46. The average Bonchev–Trinajstić information content (AvgIpc) is 3.50. The predicted molar refractivity (Wildman–Crippen MR) is 132 cm³/mol. The van der Waals surface area contributed by atoms with Gasteiger partial charge in [0, 0.05) is 30.5 Å². The molecule has 1 aliphatic rings. The molecule has 1 aliphatic heterocycles. The highest BCUT2D eigenvalue weighted by atomic mass is 32.2. The van der Waals surface area contributed by atoms with Crippen molar-refractivity contribution in [1.29, 1.82) is 0 Å². The number of imidazole rings is 1. The van der Waals surface area contributed by atoms with E-state index < -0.39 is 16.0 Å². The molecule has 1 saturated heterocycles. The van der Waals surface area contributed by atoms with E-state index in [1.807, 2.05) is 37.3 Å². The highest BCUT2D eigenvalue weighted by molar-refractivity contribution is 7.89. The Kier molecular flexibility index (Phi) is 6.48. The first-order valence-corrected chi connectivity index (χ1v) is 13.1. The van der Waals surface area contributed by atoms with E-state index in [9.17, 15) is 18.0 Å². The van der Waals surface area contributed by atoms with Crippen molar-refractivity contribution in [1.82, 2.24) is 23.8 Å². The number of anilines is 1. The third-order valence-corrected chi connectivity index (χ3v) is 8.02. The van der Waals surface area contributed by atoms with E-state index >= 15 is 0 Å². The van der Waals surface area contributed by atoms with Crippen LogP contribution in [0.4, 0.5) is 5.69 Å². The standard InChI is InChI=1S/C24H24N6O6S/c1-15-6-7-16(11-18(15)26-23(32)19-12-25-20-5-3-4-9-30(19)20)22-27-24(36-28-22)17-13-29(14-17)37(33,34)10-8-21(31)35-2/h3-7,9,11-12,17H,8,10,13-14H2,1-2H3,(H,26,32). The Morgan fingerprint density at radius 1 is 1.22 bits per heavy atom. The van der Waals surface area contributed by atoms with Gasteiger partial charge in [0.25, 0.3) is 5.91 Å². The Labute approximate surface area is 212 Å². The number of carbonyl (C=O) groups is 2. The summed E-state index contributed by atoms with van der Waals surface area (Å²) in [4.78, 5) is 32.9. The minimum Gasteiger partial charge on any atom is -0.469 e. The lowest BCUT2D eigenvalue weighted by molar-refractivity contribution is -0.140. The number of aryl methyl sites for hydroxylation is 1. The molecule has 0 spiro atoms. The maximum atomic E-state index is 12.9. The van der Waals surface area contributed by atoms with Crippen LogP contribution >= 0.6 is 0 Å². The van der Waals surface area contributed by atoms with Gasteiger partial charge in [0.2, 0.25) is 21.7 Å². The van der Waals surface area contributed by atoms with E-state index in [0.717, 1.165) is 5.56 Å². The van der Waals surface area contributed by atoms with Crippen molar-refractivity contribution in [3.05, 3.63) is 65.9 Å². The number of hydrogen-bond acceptors (Lipinski definition) is 9. The molecule has 13 heteroatoms. The van der Waals surface area contributed by atoms with Crippen LogP contribution in [0.5, 0.6) is 0 Å². The molecular weight excluding hydrogens is 500 g/mol. The molecule has 1 fully saturated rings. The number of nitrogens with one attached hydrogen (secondary N) is 1. The fourth-order valence-electron chi connectivity index (χ4n) is 3.97. The van der Waals surface area contributed by atoms with Gasteiger partial charge in [-0.05, 0) is 30.7 Å². The van der Waals surface area contributed by atoms with Gasteiger partial charge in [-0.25, -0.2) is 17.7 Å². The van der Waals surface area contributed by atoms with Crippen LogP contribution in [0.15, 0.2) is 53.3 Å². The number of aromatic nitrogens is 4. The molecule has 1 N–H and O–H groups in total. The van der Waals surface area contributed by atoms with Crippen LogP contribution in [0.3, 0.4) is 0 Å². The van der Waals surface area contributed by atoms with Gasteiger partial charge >= 0.3 is 5.97 Å². The summed E-state index contributed by atoms with van der Waals surface area (Å²) in [5.74, 6) is -0.785. The van der Waals surface area contributed by atoms with E-state index in [4.69, 9.17) is 4.52 Å². The zero-order valence-corrected chi connectivity index (χ0v) is 20.9. The molecule has 0 saturated carbocycles. The van der Waals surface area contributed by atoms with Crippen LogP contribution in [0, 0.1) is 6.92 Å². The topological polar surface area (TPSA) is 149 Å². The van der Waals surface area contributed by atoms with Crippen molar-refractivity contribution < 1.29 is 27.3 Å². The molecule has 0 atom stereocenters. The van der Waals surface area contributed by atoms with Gasteiger partial charge in [-0.2, -0.15) is 4.98 Å². The quantitative estimate of drug-likeness (QED) is 0.342. The smallest absolute Gasteiger partial charge is 0.306 e. The Morgan fingerprint density at radius 3 is 2.81 bits per heavy atom. The summed E-state index contributed by atoms with van der Waals surface area (Å²) in [5, 5.41) is 6.97. The predicted octanol–water partition coefficient (Wildman–Crippen LogP) is 2.24. The molecule has 5 rings (SSSR count). The maximum absolute atomic E-state index is 12.9. The Morgan fingerprint density at radius 2 is 2.03 bits per heavy atom. The second-order valence-electron chi connectivity index (χ2n) is 8.67. The van der Waals surface area contributed by atoms with Crippen LogP contribution in [-0.4, -0.2) is 70.1 Å². The molecule has 12 nitrogen and oxygen atoms in total. The summed E-state index contributed by atoms with van der Waals surface area (Å²) in [6.45, 7) is 2.26. The monoisotopic (exact) mass is 524 g/mol. The van der Waals surface area contributed by atoms with Crippen molar-refractivity contribution in [2.24, 2.45) is 0 Å². The normalized spacial score (nSPS) is 14.4. The number of fused-ring (bicyclic) bond motifs is 1. The minimum atomic E-state index is -3.57. The lowest BCUT2D eigenvalue weighted by Crippen LogP contribution is -2.49. The van der Waals surface area contributed by atoms with Crippen molar-refractivity contribution in [2.75, 3.05) is 31.3 Å². The Bertz CT molecular complexity index is 1590. The largest absolute Gasteiger partial charge is 0.469 e. The van der Waals surface area contributed by atoms with Crippen molar-refractivity contribution >= 4 is 33.2 Å². The second-order valence-corrected chi connectivity index (χ2v) is 10.8. The van der Waals surface area contributed by atoms with Crippen molar-refractivity contribution in [3.63, 3.8) is 0 Å². The summed E-state index contributed by atoms with van der Waals surface area (Å²) in [6.07, 6.45) is 3.09. The highest BCUT2D eigenvalue weighted by Gasteiger charge is 2.39. The number of methoxy groups -OCH3 is 1. The molecular formula is C24H24N6O6S. The van der Waals surface area contributed by atoms with E-state index in [2.05, 4.69) is 25.2 Å². The molecule has 3 aromatic heterocycles. The average molecular weight is 525 g/mol. The van der Waals surface area contributed by atoms with E-state index in [-0.39, 0.29) is 37.1 Å². The molecule has 1 amide bonds. The number of esters is 1. The van der Waals surface area contributed by atoms with E-state index in [1.54, 1.807) is 16.7 Å². The maximum Gasteiger partial charge on any atom is 0.306 e. The highest BCUT2D eigenvalue weighted by Crippen LogP contribution is 2.31. The van der Waals surface area contributed by atoms with Crippen molar-refractivity contribution in [2.45, 2.75) is 19.3 Å². The summed E-state index contributed by atoms with van der Waals surface area (Å²) >= 11 is 0. The zero-order chi connectivity index (χ0) is 26.2. The van der Waals surface area contributed by atoms with Gasteiger partial charge in [0.05, 0.1) is 31.4 Å². The number of carbonyl (C=O) groups excluding carboxylic acids is 2. The summed E-state index contributed by atoms with van der Waals surface area (Å²) in [7, 11) is -2.36. The summed E-state index contributed by atoms with van der Waals surface area (Å²) < 4.78 is 37.6. The number of rotatable bonds is 8. The first-order valence-electron chi connectivity index (χ1n) is 11.5. The van der Waals surface area contributed by atoms with Gasteiger partial charge in [-0.1, -0.05) is 23.4 Å². The number of hydrogen-bond donors (Lipinski definition) is 1. The fraction of sp³-hybridized carbons (Fsp3) is 0.292. The first kappa shape index (κ1) is 24.6. The number of pyridine rings is 1.